The van der Waals surface area contributed by atoms with Gasteiger partial charge in [0, 0.05) is 30.3 Å². The number of primary amides is 1. The number of carbonyl (C=O) groups excluding carboxylic acids is 1. The van der Waals surface area contributed by atoms with Crippen molar-refractivity contribution in [2.75, 3.05) is 0 Å². The number of carboxylic acid groups (broad SMARTS) is 1. The number of pyridine rings is 2. The molecule has 0 radical (unpaired) electrons. The first-order valence-corrected chi connectivity index (χ1v) is 7.24. The molecule has 1 aliphatic heterocycles. The van der Waals surface area contributed by atoms with Crippen LogP contribution in [0.2, 0.25) is 0 Å². The molecule has 0 spiro atoms. The Kier molecular flexibility index (Phi) is 7.57. The van der Waals surface area contributed by atoms with E-state index in [0.29, 0.717) is 0 Å². The van der Waals surface area contributed by atoms with Gasteiger partial charge in [-0.25, -0.2) is 4.79 Å². The van der Waals surface area contributed by atoms with Crippen molar-refractivity contribution in [1.82, 2.24) is 0 Å². The van der Waals surface area contributed by atoms with E-state index >= 15 is 0 Å². The van der Waals surface area contributed by atoms with Crippen molar-refractivity contribution in [3.63, 3.8) is 0 Å². The lowest BCUT2D eigenvalue weighted by atomic mass is 10.2. The molecule has 124 valence electrons. The summed E-state index contributed by atoms with van der Waals surface area (Å²) >= 11 is 0. The molecule has 1 aliphatic rings. The minimum Gasteiger partial charge on any atom is -0.478 e. The molecule has 6 nitrogen and oxygen atoms in total. The molecule has 0 saturated carbocycles. The fourth-order valence-corrected chi connectivity index (χ4v) is 2.02. The van der Waals surface area contributed by atoms with Gasteiger partial charge in [0.05, 0.1) is 0 Å². The monoisotopic (exact) mass is 327 g/mol. The number of aryl methyl sites for hydroxylation is 2. The van der Waals surface area contributed by atoms with E-state index in [9.17, 15) is 9.59 Å². The first-order valence-electron chi connectivity index (χ1n) is 7.24. The van der Waals surface area contributed by atoms with Crippen LogP contribution in [0.3, 0.4) is 0 Å². The number of rotatable bonds is 2. The lowest BCUT2D eigenvalue weighted by molar-refractivity contribution is -0.794. The second-order valence-electron chi connectivity index (χ2n) is 4.71. The average Bonchev–Trinajstić information content (AvgIpc) is 2.62. The first-order chi connectivity index (χ1) is 11.5. The Morgan fingerprint density at radius 2 is 1.33 bits per heavy atom. The van der Waals surface area contributed by atoms with Crippen LogP contribution in [-0.2, 0) is 22.7 Å². The minimum absolute atomic E-state index is 0.481. The van der Waals surface area contributed by atoms with Crippen molar-refractivity contribution in [3.05, 3.63) is 74.1 Å². The molecule has 0 atom stereocenters. The van der Waals surface area contributed by atoms with Gasteiger partial charge in [0.25, 0.3) is 11.4 Å². The third kappa shape index (κ3) is 5.84. The van der Waals surface area contributed by atoms with Crippen LogP contribution in [0, 0.1) is 0 Å². The number of hydrogen-bond acceptors (Lipinski definition) is 2. The molecule has 0 unspecified atom stereocenters. The fraction of sp³-hybridized carbons (Fsp3) is 0.111. The molecule has 3 N–H and O–H groups in total. The molecule has 2 aromatic rings. The smallest absolute Gasteiger partial charge is 0.327 e. The zero-order valence-electron chi connectivity index (χ0n) is 13.3. The molecule has 0 saturated heterocycles. The normalized spacial score (nSPS) is 10.3. The third-order valence-electron chi connectivity index (χ3n) is 3.10. The summed E-state index contributed by atoms with van der Waals surface area (Å²) in [6, 6.07) is 12.7. The molecule has 6 heteroatoms. The van der Waals surface area contributed by atoms with Gasteiger partial charge in [-0.1, -0.05) is 13.2 Å². The summed E-state index contributed by atoms with van der Waals surface area (Å²) in [5.74, 6) is -1.46. The van der Waals surface area contributed by atoms with Gasteiger partial charge < -0.3 is 10.8 Å². The summed E-state index contributed by atoms with van der Waals surface area (Å²) in [5, 5.41) is 7.60. The van der Waals surface area contributed by atoms with Crippen molar-refractivity contribution in [2.45, 2.75) is 13.1 Å². The molecule has 1 amide bonds. The van der Waals surface area contributed by atoms with E-state index in [1.807, 2.05) is 0 Å². The Bertz CT molecular complexity index is 678. The molecule has 24 heavy (non-hydrogen) atoms. The largest absolute Gasteiger partial charge is 0.478 e. The predicted octanol–water partition coefficient (Wildman–Crippen LogP) is 0.857. The van der Waals surface area contributed by atoms with Crippen LogP contribution in [0.4, 0.5) is 0 Å². The van der Waals surface area contributed by atoms with Crippen molar-refractivity contribution in [1.29, 1.82) is 0 Å². The maximum atomic E-state index is 9.47. The van der Waals surface area contributed by atoms with Crippen LogP contribution in [-0.4, -0.2) is 17.0 Å². The van der Waals surface area contributed by atoms with Gasteiger partial charge in [-0.05, 0) is 18.2 Å². The van der Waals surface area contributed by atoms with Gasteiger partial charge in [0.2, 0.25) is 19.0 Å². The Hall–Kier alpha value is -3.28. The van der Waals surface area contributed by atoms with Crippen molar-refractivity contribution in [3.8, 4) is 11.4 Å². The van der Waals surface area contributed by atoms with Gasteiger partial charge in [-0.3, -0.25) is 4.79 Å². The summed E-state index contributed by atoms with van der Waals surface area (Å²) in [6.45, 7) is 8.18. The van der Waals surface area contributed by atoms with E-state index in [1.165, 1.54) is 11.4 Å². The predicted molar refractivity (Wildman–Crippen MR) is 89.5 cm³/mol. The second kappa shape index (κ2) is 9.68. The molecule has 0 fully saturated rings. The Morgan fingerprint density at radius 1 is 0.958 bits per heavy atom. The SMILES string of the molecule is C=CC(=O)O.C=CC(N)=O.c1cc[n+]2c(c1)-c1cccc[n+]1CC2. The number of amides is 1. The minimum atomic E-state index is -0.981. The highest BCUT2D eigenvalue weighted by atomic mass is 16.4. The summed E-state index contributed by atoms with van der Waals surface area (Å²) in [4.78, 5) is 18.7. The van der Waals surface area contributed by atoms with E-state index in [2.05, 4.69) is 76.8 Å². The average molecular weight is 327 g/mol. The highest BCUT2D eigenvalue weighted by Gasteiger charge is 2.27. The Labute approximate surface area is 140 Å². The number of nitrogens with zero attached hydrogens (tertiary/aromatic N) is 2. The maximum absolute atomic E-state index is 9.47. The van der Waals surface area contributed by atoms with Crippen LogP contribution < -0.4 is 14.9 Å². The maximum Gasteiger partial charge on any atom is 0.327 e. The summed E-state index contributed by atoms with van der Waals surface area (Å²) in [5.41, 5.74) is 7.14. The van der Waals surface area contributed by atoms with Crippen molar-refractivity contribution in [2.24, 2.45) is 5.73 Å². The Morgan fingerprint density at radius 3 is 1.62 bits per heavy atom. The summed E-state index contributed by atoms with van der Waals surface area (Å²) in [7, 11) is 0. The van der Waals surface area contributed by atoms with Crippen LogP contribution >= 0.6 is 0 Å². The van der Waals surface area contributed by atoms with Crippen LogP contribution in [0.25, 0.3) is 11.4 Å². The highest BCUT2D eigenvalue weighted by Crippen LogP contribution is 2.11. The molecule has 3 heterocycles. The van der Waals surface area contributed by atoms with Gasteiger partial charge in [-0.2, -0.15) is 9.13 Å². The highest BCUT2D eigenvalue weighted by molar-refractivity contribution is 5.85. The number of aliphatic carboxylic acids is 1. The van der Waals surface area contributed by atoms with Gasteiger partial charge in [-0.15, -0.1) is 0 Å². The standard InChI is InChI=1S/C12H12N2.C3H5NO.C3H4O2/c1-3-7-13-9-10-14-8-4-2-6-12(14)11(13)5-1;2*1-2-3(4)5/h1-8H,9-10H2;2H,1H2,(H2,4,5);2H,1H2,(H,4,5)/q+2;;. The molecule has 2 aromatic heterocycles. The first kappa shape index (κ1) is 18.8. The molecule has 0 aliphatic carbocycles. The molecule has 3 rings (SSSR count). The number of fused-ring (bicyclic) bond motifs is 3. The van der Waals surface area contributed by atoms with Gasteiger partial charge in [0.1, 0.15) is 0 Å². The van der Waals surface area contributed by atoms with Crippen LogP contribution in [0.15, 0.2) is 74.1 Å². The van der Waals surface area contributed by atoms with E-state index in [4.69, 9.17) is 5.11 Å². The van der Waals surface area contributed by atoms with Crippen LogP contribution in [0.1, 0.15) is 0 Å². The number of hydrogen-bond donors (Lipinski definition) is 2. The van der Waals surface area contributed by atoms with Gasteiger partial charge >= 0.3 is 5.97 Å². The van der Waals surface area contributed by atoms with E-state index in [1.54, 1.807) is 0 Å². The number of nitrogens with two attached hydrogens (primary N) is 1. The van der Waals surface area contributed by atoms with E-state index in [0.717, 1.165) is 25.2 Å². The third-order valence-corrected chi connectivity index (χ3v) is 3.10. The van der Waals surface area contributed by atoms with Crippen molar-refractivity contribution < 1.29 is 23.8 Å². The fourth-order valence-electron chi connectivity index (χ4n) is 2.02. The molecular formula is C18H21N3O3+2. The number of carbonyl (C=O) groups is 2. The zero-order chi connectivity index (χ0) is 17.9. The van der Waals surface area contributed by atoms with E-state index in [-0.39, 0.29) is 0 Å². The zero-order valence-corrected chi connectivity index (χ0v) is 13.3. The number of carboxylic acids is 1. The Balaban J connectivity index is 0.000000243. The molecule has 0 aromatic carbocycles. The van der Waals surface area contributed by atoms with Gasteiger partial charge in [0.15, 0.2) is 12.4 Å². The second-order valence-corrected chi connectivity index (χ2v) is 4.71. The van der Waals surface area contributed by atoms with E-state index < -0.39 is 11.9 Å². The number of aromatic nitrogens is 2. The summed E-state index contributed by atoms with van der Waals surface area (Å²) < 4.78 is 4.60. The van der Waals surface area contributed by atoms with Crippen LogP contribution in [0.5, 0.6) is 0 Å². The molecule has 0 bridgehead atoms. The molecular weight excluding hydrogens is 306 g/mol. The summed E-state index contributed by atoms with van der Waals surface area (Å²) in [6.07, 6.45) is 6.18. The topological polar surface area (TPSA) is 88.1 Å². The van der Waals surface area contributed by atoms with Crippen molar-refractivity contribution >= 4 is 11.9 Å². The lowest BCUT2D eigenvalue weighted by Crippen LogP contribution is -2.52. The lowest BCUT2D eigenvalue weighted by Gasteiger charge is -2.08. The quantitative estimate of drug-likeness (QED) is 0.633.